The van der Waals surface area contributed by atoms with Gasteiger partial charge >= 0.3 is 0 Å². The summed E-state index contributed by atoms with van der Waals surface area (Å²) in [5, 5.41) is 3.10. The third kappa shape index (κ3) is 3.80. The van der Waals surface area contributed by atoms with E-state index in [1.807, 2.05) is 13.0 Å². The van der Waals surface area contributed by atoms with Crippen LogP contribution in [0.2, 0.25) is 0 Å². The third-order valence-electron chi connectivity index (χ3n) is 4.29. The minimum Gasteiger partial charge on any atom is -0.325 e. The smallest absolute Gasteiger partial charge is 0.261 e. The molecule has 0 spiro atoms. The summed E-state index contributed by atoms with van der Waals surface area (Å²) in [5.74, 6) is -0.417. The Hall–Kier alpha value is -3.04. The van der Waals surface area contributed by atoms with Gasteiger partial charge in [-0.1, -0.05) is 12.1 Å². The highest BCUT2D eigenvalue weighted by Gasteiger charge is 2.17. The van der Waals surface area contributed by atoms with E-state index < -0.39 is 15.9 Å². The lowest BCUT2D eigenvalue weighted by atomic mass is 10.1. The molecule has 28 heavy (non-hydrogen) atoms. The van der Waals surface area contributed by atoms with Crippen LogP contribution in [0.1, 0.15) is 5.56 Å². The molecule has 0 aliphatic rings. The number of amides is 1. The predicted octanol–water partition coefficient (Wildman–Crippen LogP) is 1.59. The molecule has 8 nitrogen and oxygen atoms in total. The number of nitrogens with one attached hydrogen (secondary N) is 1. The molecule has 1 N–H and O–H groups in total. The molecule has 3 rings (SSSR count). The molecular formula is C19H20N4O4S. The Labute approximate surface area is 162 Å². The van der Waals surface area contributed by atoms with Gasteiger partial charge in [-0.2, -0.15) is 0 Å². The number of nitrogens with zero attached hydrogens (tertiary/aromatic N) is 3. The van der Waals surface area contributed by atoms with E-state index in [9.17, 15) is 18.0 Å². The zero-order valence-electron chi connectivity index (χ0n) is 15.7. The summed E-state index contributed by atoms with van der Waals surface area (Å²) in [7, 11) is -0.641. The van der Waals surface area contributed by atoms with Crippen LogP contribution in [0.15, 0.2) is 58.5 Å². The Morgan fingerprint density at radius 1 is 1.14 bits per heavy atom. The van der Waals surface area contributed by atoms with Crippen molar-refractivity contribution in [1.29, 1.82) is 0 Å². The first-order chi connectivity index (χ1) is 13.2. The molecule has 0 unspecified atom stereocenters. The van der Waals surface area contributed by atoms with E-state index in [-0.39, 0.29) is 17.0 Å². The van der Waals surface area contributed by atoms with Crippen LogP contribution in [-0.2, 0) is 21.4 Å². The van der Waals surface area contributed by atoms with Crippen LogP contribution >= 0.6 is 0 Å². The van der Waals surface area contributed by atoms with Gasteiger partial charge < -0.3 is 5.32 Å². The number of rotatable bonds is 5. The fraction of sp³-hybridized carbons (Fsp3) is 0.211. The van der Waals surface area contributed by atoms with Gasteiger partial charge in [-0.3, -0.25) is 14.2 Å². The van der Waals surface area contributed by atoms with E-state index in [1.165, 1.54) is 49.3 Å². The second-order valence-corrected chi connectivity index (χ2v) is 8.66. The number of carbonyl (C=O) groups excluding carboxylic acids is 1. The number of benzene rings is 2. The fourth-order valence-corrected chi connectivity index (χ4v) is 3.63. The summed E-state index contributed by atoms with van der Waals surface area (Å²) in [6.45, 7) is 1.67. The maximum absolute atomic E-state index is 12.6. The molecule has 0 bridgehead atoms. The van der Waals surface area contributed by atoms with Crippen molar-refractivity contribution in [3.63, 3.8) is 0 Å². The van der Waals surface area contributed by atoms with Crippen molar-refractivity contribution in [3.05, 3.63) is 64.7 Å². The molecule has 9 heteroatoms. The molecule has 3 aromatic rings. The minimum atomic E-state index is -3.53. The number of carbonyl (C=O) groups is 1. The van der Waals surface area contributed by atoms with Crippen molar-refractivity contribution in [1.82, 2.24) is 13.9 Å². The number of fused-ring (bicyclic) bond motifs is 1. The topological polar surface area (TPSA) is 101 Å². The third-order valence-corrected chi connectivity index (χ3v) is 6.12. The Balaban J connectivity index is 1.77. The zero-order valence-corrected chi connectivity index (χ0v) is 16.5. The van der Waals surface area contributed by atoms with Crippen LogP contribution in [0.25, 0.3) is 10.9 Å². The van der Waals surface area contributed by atoms with E-state index >= 15 is 0 Å². The Morgan fingerprint density at radius 2 is 1.82 bits per heavy atom. The molecule has 0 saturated carbocycles. The highest BCUT2D eigenvalue weighted by molar-refractivity contribution is 7.89. The van der Waals surface area contributed by atoms with E-state index in [2.05, 4.69) is 10.3 Å². The van der Waals surface area contributed by atoms with Crippen LogP contribution in [0.3, 0.4) is 0 Å². The van der Waals surface area contributed by atoms with Crippen molar-refractivity contribution < 1.29 is 13.2 Å². The van der Waals surface area contributed by atoms with Gasteiger partial charge in [0, 0.05) is 19.8 Å². The van der Waals surface area contributed by atoms with E-state index in [1.54, 1.807) is 12.1 Å². The Bertz CT molecular complexity index is 1200. The van der Waals surface area contributed by atoms with Crippen molar-refractivity contribution in [3.8, 4) is 0 Å². The Morgan fingerprint density at radius 3 is 2.46 bits per heavy atom. The molecule has 1 amide bonds. The predicted molar refractivity (Wildman–Crippen MR) is 107 cm³/mol. The standard InChI is InChI=1S/C19H20N4O4S/c1-13-5-4-6-16-18(13)20-12-23(19(16)25)11-17(24)21-14-7-9-15(10-8-14)28(26,27)22(2)3/h4-10,12H,11H2,1-3H3,(H,21,24). The van der Waals surface area contributed by atoms with Gasteiger partial charge in [0.2, 0.25) is 15.9 Å². The quantitative estimate of drug-likeness (QED) is 0.701. The lowest BCUT2D eigenvalue weighted by molar-refractivity contribution is -0.116. The van der Waals surface area contributed by atoms with Crippen LogP contribution in [0.5, 0.6) is 0 Å². The number of hydrogen-bond donors (Lipinski definition) is 1. The molecule has 2 aromatic carbocycles. The summed E-state index contributed by atoms with van der Waals surface area (Å²) >= 11 is 0. The fourth-order valence-electron chi connectivity index (χ4n) is 2.73. The van der Waals surface area contributed by atoms with Gasteiger partial charge in [0.25, 0.3) is 5.56 Å². The average Bonchev–Trinajstić information content (AvgIpc) is 2.65. The largest absolute Gasteiger partial charge is 0.325 e. The van der Waals surface area contributed by atoms with Crippen LogP contribution < -0.4 is 10.9 Å². The Kier molecular flexibility index (Phi) is 5.30. The number of hydrogen-bond acceptors (Lipinski definition) is 5. The second-order valence-electron chi connectivity index (χ2n) is 6.51. The summed E-state index contributed by atoms with van der Waals surface area (Å²) in [4.78, 5) is 29.3. The molecule has 0 aliphatic carbocycles. The van der Waals surface area contributed by atoms with E-state index in [4.69, 9.17) is 0 Å². The average molecular weight is 400 g/mol. The van der Waals surface area contributed by atoms with Crippen LogP contribution in [0, 0.1) is 6.92 Å². The van der Waals surface area contributed by atoms with Crippen molar-refractivity contribution in [2.75, 3.05) is 19.4 Å². The first-order valence-electron chi connectivity index (χ1n) is 8.47. The van der Waals surface area contributed by atoms with E-state index in [0.717, 1.165) is 9.87 Å². The van der Waals surface area contributed by atoms with Crippen molar-refractivity contribution in [2.24, 2.45) is 0 Å². The van der Waals surface area contributed by atoms with Crippen molar-refractivity contribution >= 4 is 32.5 Å². The number of aromatic nitrogens is 2. The van der Waals surface area contributed by atoms with Gasteiger partial charge in [-0.05, 0) is 42.8 Å². The summed E-state index contributed by atoms with van der Waals surface area (Å²) in [5.41, 5.74) is 1.64. The number of para-hydroxylation sites is 1. The molecule has 146 valence electrons. The number of sulfonamides is 1. The summed E-state index contributed by atoms with van der Waals surface area (Å²) < 4.78 is 26.5. The molecule has 1 heterocycles. The molecular weight excluding hydrogens is 380 g/mol. The molecule has 0 aliphatic heterocycles. The summed E-state index contributed by atoms with van der Waals surface area (Å²) in [6, 6.07) is 11.1. The highest BCUT2D eigenvalue weighted by atomic mass is 32.2. The SMILES string of the molecule is Cc1cccc2c(=O)n(CC(=O)Nc3ccc(S(=O)(=O)N(C)C)cc3)cnc12. The lowest BCUT2D eigenvalue weighted by Crippen LogP contribution is -2.28. The maximum Gasteiger partial charge on any atom is 0.261 e. The lowest BCUT2D eigenvalue weighted by Gasteiger charge is -2.12. The number of aryl methyl sites for hydroxylation is 1. The van der Waals surface area contributed by atoms with Gasteiger partial charge in [-0.15, -0.1) is 0 Å². The van der Waals surface area contributed by atoms with Gasteiger partial charge in [-0.25, -0.2) is 17.7 Å². The highest BCUT2D eigenvalue weighted by Crippen LogP contribution is 2.16. The normalized spacial score (nSPS) is 11.7. The first-order valence-corrected chi connectivity index (χ1v) is 9.91. The molecule has 0 atom stereocenters. The molecule has 1 aromatic heterocycles. The summed E-state index contributed by atoms with van der Waals surface area (Å²) in [6.07, 6.45) is 1.35. The second kappa shape index (κ2) is 7.53. The van der Waals surface area contributed by atoms with Gasteiger partial charge in [0.15, 0.2) is 0 Å². The molecule has 0 fully saturated rings. The first kappa shape index (κ1) is 19.7. The molecule has 0 saturated heterocycles. The zero-order chi connectivity index (χ0) is 20.5. The van der Waals surface area contributed by atoms with Crippen molar-refractivity contribution in [2.45, 2.75) is 18.4 Å². The number of anilines is 1. The van der Waals surface area contributed by atoms with Gasteiger partial charge in [0.05, 0.1) is 22.1 Å². The van der Waals surface area contributed by atoms with E-state index in [0.29, 0.717) is 16.6 Å². The molecule has 0 radical (unpaired) electrons. The van der Waals surface area contributed by atoms with Crippen LogP contribution in [0.4, 0.5) is 5.69 Å². The minimum absolute atomic E-state index is 0.126. The maximum atomic E-state index is 12.6. The van der Waals surface area contributed by atoms with Gasteiger partial charge in [0.1, 0.15) is 6.54 Å². The van der Waals surface area contributed by atoms with Crippen LogP contribution in [-0.4, -0.2) is 42.3 Å². The monoisotopic (exact) mass is 400 g/mol.